The second-order valence-corrected chi connectivity index (χ2v) is 4.75. The molecule has 19 heavy (non-hydrogen) atoms. The van der Waals surface area contributed by atoms with Crippen LogP contribution in [0.25, 0.3) is 0 Å². The molecular formula is C14H20N4O. The van der Waals surface area contributed by atoms with Crippen molar-refractivity contribution in [2.75, 3.05) is 0 Å². The van der Waals surface area contributed by atoms with Crippen LogP contribution in [0.3, 0.4) is 0 Å². The second kappa shape index (κ2) is 6.33. The first-order valence-corrected chi connectivity index (χ1v) is 6.57. The fraction of sp³-hybridized carbons (Fsp3) is 0.429. The Balaban J connectivity index is 2.05. The zero-order valence-electron chi connectivity index (χ0n) is 11.4. The molecule has 0 aromatic carbocycles. The van der Waals surface area contributed by atoms with Gasteiger partial charge in [-0.1, -0.05) is 6.92 Å². The summed E-state index contributed by atoms with van der Waals surface area (Å²) in [6.45, 7) is 4.98. The van der Waals surface area contributed by atoms with Crippen LogP contribution < -0.4 is 10.5 Å². The topological polar surface area (TPSA) is 66.0 Å². The lowest BCUT2D eigenvalue weighted by atomic mass is 10.1. The van der Waals surface area contributed by atoms with Crippen LogP contribution in [0.4, 0.5) is 0 Å². The van der Waals surface area contributed by atoms with Crippen LogP contribution in [-0.2, 0) is 13.0 Å². The molecule has 0 aliphatic rings. The SMILES string of the molecule is CCCn1cc(Oc2cncc(CC(C)N)c2)cn1. The van der Waals surface area contributed by atoms with E-state index in [2.05, 4.69) is 17.0 Å². The van der Waals surface area contributed by atoms with Crippen molar-refractivity contribution in [1.82, 2.24) is 14.8 Å². The molecule has 2 aromatic rings. The lowest BCUT2D eigenvalue weighted by molar-refractivity contribution is 0.477. The van der Waals surface area contributed by atoms with Crippen LogP contribution in [0.1, 0.15) is 25.8 Å². The van der Waals surface area contributed by atoms with E-state index in [4.69, 9.17) is 10.5 Å². The Morgan fingerprint density at radius 2 is 2.16 bits per heavy atom. The van der Waals surface area contributed by atoms with Crippen LogP contribution in [0, 0.1) is 0 Å². The fourth-order valence-electron chi connectivity index (χ4n) is 1.89. The molecule has 2 heterocycles. The van der Waals surface area contributed by atoms with Crippen LogP contribution in [0.15, 0.2) is 30.9 Å². The summed E-state index contributed by atoms with van der Waals surface area (Å²) in [6.07, 6.45) is 8.96. The van der Waals surface area contributed by atoms with Crippen molar-refractivity contribution in [1.29, 1.82) is 0 Å². The summed E-state index contributed by atoms with van der Waals surface area (Å²) in [5.41, 5.74) is 6.86. The molecule has 0 bridgehead atoms. The third-order valence-corrected chi connectivity index (χ3v) is 2.63. The van der Waals surface area contributed by atoms with E-state index in [0.29, 0.717) is 5.75 Å². The van der Waals surface area contributed by atoms with Crippen molar-refractivity contribution in [3.63, 3.8) is 0 Å². The summed E-state index contributed by atoms with van der Waals surface area (Å²) < 4.78 is 7.61. The molecule has 2 N–H and O–H groups in total. The standard InChI is InChI=1S/C14H20N4O/c1-3-4-18-10-14(9-17-18)19-13-6-12(5-11(2)15)7-16-8-13/h6-11H,3-5,15H2,1-2H3. The molecule has 0 aliphatic carbocycles. The van der Waals surface area contributed by atoms with E-state index in [0.717, 1.165) is 30.7 Å². The van der Waals surface area contributed by atoms with Gasteiger partial charge in [-0.3, -0.25) is 9.67 Å². The first-order chi connectivity index (χ1) is 9.17. The van der Waals surface area contributed by atoms with Crippen molar-refractivity contribution in [2.45, 2.75) is 39.3 Å². The zero-order valence-corrected chi connectivity index (χ0v) is 11.4. The molecule has 1 atom stereocenters. The molecule has 2 aromatic heterocycles. The molecule has 0 saturated heterocycles. The fourth-order valence-corrected chi connectivity index (χ4v) is 1.89. The van der Waals surface area contributed by atoms with Gasteiger partial charge in [-0.15, -0.1) is 0 Å². The molecule has 0 radical (unpaired) electrons. The predicted molar refractivity (Wildman–Crippen MR) is 74.2 cm³/mol. The van der Waals surface area contributed by atoms with E-state index >= 15 is 0 Å². The highest BCUT2D eigenvalue weighted by molar-refractivity contribution is 5.29. The molecule has 0 fully saturated rings. The van der Waals surface area contributed by atoms with E-state index in [1.807, 2.05) is 30.1 Å². The minimum Gasteiger partial charge on any atom is -0.452 e. The van der Waals surface area contributed by atoms with Crippen LogP contribution in [-0.4, -0.2) is 20.8 Å². The maximum absolute atomic E-state index is 5.78. The van der Waals surface area contributed by atoms with Gasteiger partial charge < -0.3 is 10.5 Å². The Labute approximate surface area is 113 Å². The maximum Gasteiger partial charge on any atom is 0.165 e. The summed E-state index contributed by atoms with van der Waals surface area (Å²) in [5, 5.41) is 4.22. The van der Waals surface area contributed by atoms with Gasteiger partial charge >= 0.3 is 0 Å². The average molecular weight is 260 g/mol. The molecule has 5 nitrogen and oxygen atoms in total. The van der Waals surface area contributed by atoms with Gasteiger partial charge in [0, 0.05) is 18.8 Å². The Bertz CT molecular complexity index is 522. The number of hydrogen-bond acceptors (Lipinski definition) is 4. The van der Waals surface area contributed by atoms with Crippen LogP contribution in [0.5, 0.6) is 11.5 Å². The first-order valence-electron chi connectivity index (χ1n) is 6.57. The third-order valence-electron chi connectivity index (χ3n) is 2.63. The molecule has 0 aliphatic heterocycles. The number of hydrogen-bond donors (Lipinski definition) is 1. The number of nitrogens with two attached hydrogens (primary N) is 1. The summed E-state index contributed by atoms with van der Waals surface area (Å²) in [4.78, 5) is 4.17. The van der Waals surface area contributed by atoms with Crippen molar-refractivity contribution in [3.8, 4) is 11.5 Å². The van der Waals surface area contributed by atoms with Crippen molar-refractivity contribution < 1.29 is 4.74 Å². The number of aryl methyl sites for hydroxylation is 1. The minimum atomic E-state index is 0.115. The second-order valence-electron chi connectivity index (χ2n) is 4.75. The predicted octanol–water partition coefficient (Wildman–Crippen LogP) is 2.37. The highest BCUT2D eigenvalue weighted by atomic mass is 16.5. The van der Waals surface area contributed by atoms with Gasteiger partial charge in [0.1, 0.15) is 5.75 Å². The van der Waals surface area contributed by atoms with E-state index < -0.39 is 0 Å². The van der Waals surface area contributed by atoms with E-state index in [9.17, 15) is 0 Å². The number of nitrogens with zero attached hydrogens (tertiary/aromatic N) is 3. The van der Waals surface area contributed by atoms with Gasteiger partial charge in [0.05, 0.1) is 18.6 Å². The largest absolute Gasteiger partial charge is 0.452 e. The van der Waals surface area contributed by atoms with Crippen molar-refractivity contribution in [3.05, 3.63) is 36.4 Å². The molecule has 102 valence electrons. The molecule has 1 unspecified atom stereocenters. The Kier molecular flexibility index (Phi) is 4.52. The highest BCUT2D eigenvalue weighted by Gasteiger charge is 2.04. The lowest BCUT2D eigenvalue weighted by Gasteiger charge is -2.07. The zero-order chi connectivity index (χ0) is 13.7. The summed E-state index contributed by atoms with van der Waals surface area (Å²) in [5.74, 6) is 1.45. The Morgan fingerprint density at radius 1 is 1.32 bits per heavy atom. The monoisotopic (exact) mass is 260 g/mol. The summed E-state index contributed by atoms with van der Waals surface area (Å²) in [7, 11) is 0. The number of ether oxygens (including phenoxy) is 1. The summed E-state index contributed by atoms with van der Waals surface area (Å²) in [6, 6.07) is 2.08. The molecule has 2 rings (SSSR count). The number of aromatic nitrogens is 3. The smallest absolute Gasteiger partial charge is 0.165 e. The van der Waals surface area contributed by atoms with Gasteiger partial charge in [0.2, 0.25) is 0 Å². The Morgan fingerprint density at radius 3 is 2.89 bits per heavy atom. The van der Waals surface area contributed by atoms with Crippen molar-refractivity contribution in [2.24, 2.45) is 5.73 Å². The third kappa shape index (κ3) is 4.06. The number of rotatable bonds is 6. The van der Waals surface area contributed by atoms with Crippen LogP contribution in [0.2, 0.25) is 0 Å². The average Bonchev–Trinajstić information content (AvgIpc) is 2.76. The minimum absolute atomic E-state index is 0.115. The van der Waals surface area contributed by atoms with E-state index in [1.54, 1.807) is 12.4 Å². The van der Waals surface area contributed by atoms with Gasteiger partial charge in [0.25, 0.3) is 0 Å². The molecular weight excluding hydrogens is 240 g/mol. The molecule has 0 saturated carbocycles. The van der Waals surface area contributed by atoms with Crippen LogP contribution >= 0.6 is 0 Å². The normalized spacial score (nSPS) is 12.4. The van der Waals surface area contributed by atoms with E-state index in [-0.39, 0.29) is 6.04 Å². The first kappa shape index (κ1) is 13.5. The molecule has 5 heteroatoms. The molecule has 0 amide bonds. The maximum atomic E-state index is 5.78. The quantitative estimate of drug-likeness (QED) is 0.866. The molecule has 0 spiro atoms. The highest BCUT2D eigenvalue weighted by Crippen LogP contribution is 2.21. The summed E-state index contributed by atoms with van der Waals surface area (Å²) >= 11 is 0. The van der Waals surface area contributed by atoms with E-state index in [1.165, 1.54) is 0 Å². The van der Waals surface area contributed by atoms with Gasteiger partial charge in [-0.2, -0.15) is 5.10 Å². The Hall–Kier alpha value is -1.88. The van der Waals surface area contributed by atoms with Gasteiger partial charge in [-0.25, -0.2) is 0 Å². The number of pyridine rings is 1. The van der Waals surface area contributed by atoms with Gasteiger partial charge in [-0.05, 0) is 31.4 Å². The lowest BCUT2D eigenvalue weighted by Crippen LogP contribution is -2.17. The van der Waals surface area contributed by atoms with Crippen molar-refractivity contribution >= 4 is 0 Å². The van der Waals surface area contributed by atoms with Gasteiger partial charge in [0.15, 0.2) is 5.75 Å².